The maximum Gasteiger partial charge on any atom is 0.277 e. The summed E-state index contributed by atoms with van der Waals surface area (Å²) in [4.78, 5) is 25.6. The van der Waals surface area contributed by atoms with Crippen LogP contribution in [0.25, 0.3) is 0 Å². The van der Waals surface area contributed by atoms with Crippen LogP contribution in [0.3, 0.4) is 0 Å². The molecule has 0 saturated carbocycles. The standard InChI is InChI=1S/C32H45FN4O2S/c1-3-5-7-9-11-13-22-36-29(35-39-30(36)17-12-10-8-6-4-2)23-37-28-16-14-15-27(28)31(38)34-32(37)40-24-25-18-20-26(33)21-19-25/h13,18-22,30H,3-12,14-17,23-24H2,1-2H3. The van der Waals surface area contributed by atoms with Gasteiger partial charge in [-0.2, -0.15) is 4.98 Å². The Morgan fingerprint density at radius 2 is 1.77 bits per heavy atom. The third-order valence-corrected chi connectivity index (χ3v) is 8.76. The maximum absolute atomic E-state index is 13.4. The van der Waals surface area contributed by atoms with E-state index < -0.39 is 0 Å². The second-order valence-corrected chi connectivity index (χ2v) is 11.8. The van der Waals surface area contributed by atoms with Crippen molar-refractivity contribution in [2.75, 3.05) is 0 Å². The number of hydrogen-bond donors (Lipinski definition) is 0. The third kappa shape index (κ3) is 8.45. The largest absolute Gasteiger partial charge is 0.368 e. The Bertz CT molecular complexity index is 1190. The highest BCUT2D eigenvalue weighted by molar-refractivity contribution is 7.98. The third-order valence-electron chi connectivity index (χ3n) is 7.71. The number of halogens is 1. The zero-order chi connectivity index (χ0) is 28.2. The quantitative estimate of drug-likeness (QED) is 0.110. The molecule has 2 aromatic rings. The van der Waals surface area contributed by atoms with E-state index in [1.165, 1.54) is 75.3 Å². The molecule has 0 bridgehead atoms. The molecule has 4 rings (SSSR count). The molecule has 40 heavy (non-hydrogen) atoms. The van der Waals surface area contributed by atoms with E-state index in [4.69, 9.17) is 4.84 Å². The van der Waals surface area contributed by atoms with Gasteiger partial charge < -0.3 is 9.40 Å². The van der Waals surface area contributed by atoms with E-state index in [9.17, 15) is 9.18 Å². The second-order valence-electron chi connectivity index (χ2n) is 10.9. The highest BCUT2D eigenvalue weighted by Gasteiger charge is 2.30. The predicted molar refractivity (Wildman–Crippen MR) is 162 cm³/mol. The van der Waals surface area contributed by atoms with Crippen LogP contribution in [0, 0.1) is 5.82 Å². The molecule has 1 aliphatic carbocycles. The van der Waals surface area contributed by atoms with Crippen molar-refractivity contribution in [3.8, 4) is 0 Å². The monoisotopic (exact) mass is 568 g/mol. The number of thioether (sulfide) groups is 1. The molecule has 0 N–H and O–H groups in total. The molecular formula is C32H45FN4O2S. The fraction of sp³-hybridized carbons (Fsp3) is 0.594. The van der Waals surface area contributed by atoms with Crippen LogP contribution in [0.15, 0.2) is 51.6 Å². The summed E-state index contributed by atoms with van der Waals surface area (Å²) in [6.07, 6.45) is 19.9. The Kier molecular flexibility index (Phi) is 12.1. The van der Waals surface area contributed by atoms with E-state index >= 15 is 0 Å². The fourth-order valence-corrected chi connectivity index (χ4v) is 6.37. The van der Waals surface area contributed by atoms with Crippen LogP contribution < -0.4 is 5.56 Å². The summed E-state index contributed by atoms with van der Waals surface area (Å²) in [5.41, 5.74) is 2.76. The number of benzene rings is 1. The molecule has 1 atom stereocenters. The van der Waals surface area contributed by atoms with Gasteiger partial charge in [0.25, 0.3) is 5.56 Å². The topological polar surface area (TPSA) is 59.7 Å². The van der Waals surface area contributed by atoms with E-state index in [1.54, 1.807) is 12.1 Å². The Hall–Kier alpha value is -2.61. The van der Waals surface area contributed by atoms with Gasteiger partial charge in [0.05, 0.1) is 6.54 Å². The molecule has 0 amide bonds. The van der Waals surface area contributed by atoms with Crippen molar-refractivity contribution in [3.63, 3.8) is 0 Å². The number of fused-ring (bicyclic) bond motifs is 1. The van der Waals surface area contributed by atoms with Gasteiger partial charge >= 0.3 is 0 Å². The molecular weight excluding hydrogens is 523 g/mol. The van der Waals surface area contributed by atoms with Gasteiger partial charge in [0, 0.05) is 29.6 Å². The van der Waals surface area contributed by atoms with Crippen molar-refractivity contribution >= 4 is 17.6 Å². The summed E-state index contributed by atoms with van der Waals surface area (Å²) in [6, 6.07) is 6.51. The van der Waals surface area contributed by atoms with Crippen molar-refractivity contribution in [1.29, 1.82) is 0 Å². The zero-order valence-electron chi connectivity index (χ0n) is 24.2. The molecule has 0 spiro atoms. The van der Waals surface area contributed by atoms with E-state index in [0.717, 1.165) is 61.2 Å². The first-order valence-corrected chi connectivity index (χ1v) is 16.3. The van der Waals surface area contributed by atoms with Crippen LogP contribution >= 0.6 is 11.8 Å². The average Bonchev–Trinajstić information content (AvgIpc) is 3.60. The Labute approximate surface area is 243 Å². The first-order valence-electron chi connectivity index (χ1n) is 15.3. The van der Waals surface area contributed by atoms with Gasteiger partial charge in [0.1, 0.15) is 5.82 Å². The molecule has 0 saturated heterocycles. The van der Waals surface area contributed by atoms with Gasteiger partial charge in [-0.25, -0.2) is 4.39 Å². The van der Waals surface area contributed by atoms with Gasteiger partial charge in [-0.15, -0.1) is 0 Å². The molecule has 1 aromatic carbocycles. The number of oxime groups is 1. The molecule has 0 radical (unpaired) electrons. The number of nitrogens with zero attached hydrogens (tertiary/aromatic N) is 4. The SMILES string of the molecule is CCCCCCC=CN1C(Cn2c(SCc3ccc(F)cc3)nc(=O)c3c2CCC3)=NOC1CCCCCCC. The lowest BCUT2D eigenvalue weighted by Gasteiger charge is -2.24. The summed E-state index contributed by atoms with van der Waals surface area (Å²) in [5, 5.41) is 5.25. The minimum absolute atomic E-state index is 0.0979. The van der Waals surface area contributed by atoms with Crippen molar-refractivity contribution < 1.29 is 9.23 Å². The van der Waals surface area contributed by atoms with E-state index in [2.05, 4.69) is 45.7 Å². The maximum atomic E-state index is 13.4. The van der Waals surface area contributed by atoms with Crippen LogP contribution in [0.5, 0.6) is 0 Å². The predicted octanol–water partition coefficient (Wildman–Crippen LogP) is 7.98. The summed E-state index contributed by atoms with van der Waals surface area (Å²) < 4.78 is 15.6. The number of rotatable bonds is 17. The minimum Gasteiger partial charge on any atom is -0.368 e. The van der Waals surface area contributed by atoms with E-state index in [1.807, 2.05) is 0 Å². The van der Waals surface area contributed by atoms with Crippen LogP contribution in [0.1, 0.15) is 108 Å². The summed E-state index contributed by atoms with van der Waals surface area (Å²) in [7, 11) is 0. The molecule has 2 aliphatic rings. The molecule has 6 nitrogen and oxygen atoms in total. The van der Waals surface area contributed by atoms with Crippen LogP contribution in [-0.4, -0.2) is 26.5 Å². The molecule has 8 heteroatoms. The number of unbranched alkanes of at least 4 members (excludes halogenated alkanes) is 8. The Morgan fingerprint density at radius 3 is 2.55 bits per heavy atom. The highest BCUT2D eigenvalue weighted by Crippen LogP contribution is 2.28. The normalized spacial score (nSPS) is 16.5. The lowest BCUT2D eigenvalue weighted by atomic mass is 10.1. The summed E-state index contributed by atoms with van der Waals surface area (Å²) in [6.45, 7) is 4.98. The van der Waals surface area contributed by atoms with Gasteiger partial charge in [0.2, 0.25) is 6.23 Å². The number of amidine groups is 1. The second kappa shape index (κ2) is 16.0. The lowest BCUT2D eigenvalue weighted by Crippen LogP contribution is -2.35. The smallest absolute Gasteiger partial charge is 0.277 e. The first kappa shape index (κ1) is 30.4. The highest BCUT2D eigenvalue weighted by atomic mass is 32.2. The van der Waals surface area contributed by atoms with Gasteiger partial charge in [-0.3, -0.25) is 9.69 Å². The minimum atomic E-state index is -0.251. The molecule has 1 unspecified atom stereocenters. The van der Waals surface area contributed by atoms with E-state index in [0.29, 0.717) is 17.5 Å². The molecule has 218 valence electrons. The number of allylic oxidation sites excluding steroid dienone is 1. The van der Waals surface area contributed by atoms with Crippen LogP contribution in [0.4, 0.5) is 4.39 Å². The first-order chi connectivity index (χ1) is 19.6. The number of aromatic nitrogens is 2. The van der Waals surface area contributed by atoms with Gasteiger partial charge in [-0.05, 0) is 56.2 Å². The van der Waals surface area contributed by atoms with Crippen molar-refractivity contribution in [2.45, 2.75) is 127 Å². The molecule has 1 aliphatic heterocycles. The van der Waals surface area contributed by atoms with Crippen LogP contribution in [-0.2, 0) is 30.0 Å². The zero-order valence-corrected chi connectivity index (χ0v) is 25.1. The van der Waals surface area contributed by atoms with Gasteiger partial charge in [0.15, 0.2) is 11.0 Å². The van der Waals surface area contributed by atoms with Crippen molar-refractivity contribution in [1.82, 2.24) is 14.5 Å². The average molecular weight is 569 g/mol. The number of hydrogen-bond acceptors (Lipinski definition) is 6. The molecule has 0 fully saturated rings. The molecule has 2 heterocycles. The fourth-order valence-electron chi connectivity index (χ4n) is 5.40. The molecule has 1 aromatic heterocycles. The summed E-state index contributed by atoms with van der Waals surface area (Å²) >= 11 is 1.52. The van der Waals surface area contributed by atoms with E-state index in [-0.39, 0.29) is 17.6 Å². The Balaban J connectivity index is 1.51. The lowest BCUT2D eigenvalue weighted by molar-refractivity contribution is 0.0198. The van der Waals surface area contributed by atoms with Crippen molar-refractivity contribution in [2.24, 2.45) is 5.16 Å². The van der Waals surface area contributed by atoms with Crippen LogP contribution in [0.2, 0.25) is 0 Å². The summed E-state index contributed by atoms with van der Waals surface area (Å²) in [5.74, 6) is 1.21. The Morgan fingerprint density at radius 1 is 1.02 bits per heavy atom. The van der Waals surface area contributed by atoms with Gasteiger partial charge in [-0.1, -0.05) is 93.9 Å². The van der Waals surface area contributed by atoms with Crippen molar-refractivity contribution in [3.05, 3.63) is 69.5 Å².